The first kappa shape index (κ1) is 19.0. The van der Waals surface area contributed by atoms with E-state index in [1.54, 1.807) is 7.11 Å². The van der Waals surface area contributed by atoms with Crippen LogP contribution in [0, 0.1) is 0 Å². The standard InChI is InChI=1S/C24H25N3O3/c1-29-13-12-27-21-8-4-5-9-23(21)30-19-14-22(24(27)28)26(16-19)15-18-11-10-17-6-2-3-7-20(17)25-18/h2-11,19,22H,12-16H2,1H3/t19-,22-/m0/s1. The molecule has 0 unspecified atom stereocenters. The van der Waals surface area contributed by atoms with Gasteiger partial charge in [-0.1, -0.05) is 36.4 Å². The minimum atomic E-state index is -0.228. The molecule has 2 aromatic carbocycles. The monoisotopic (exact) mass is 403 g/mol. The van der Waals surface area contributed by atoms with Gasteiger partial charge in [-0.3, -0.25) is 14.7 Å². The van der Waals surface area contributed by atoms with E-state index in [1.807, 2.05) is 47.4 Å². The number of hydrogen-bond acceptors (Lipinski definition) is 5. The van der Waals surface area contributed by atoms with E-state index in [-0.39, 0.29) is 18.1 Å². The highest BCUT2D eigenvalue weighted by atomic mass is 16.5. The van der Waals surface area contributed by atoms with Gasteiger partial charge >= 0.3 is 0 Å². The second kappa shape index (κ2) is 8.05. The Hall–Kier alpha value is -2.96. The lowest BCUT2D eigenvalue weighted by molar-refractivity contribution is -0.123. The van der Waals surface area contributed by atoms with Gasteiger partial charge in [0.1, 0.15) is 11.9 Å². The number of rotatable bonds is 5. The maximum atomic E-state index is 13.6. The Bertz CT molecular complexity index is 1070. The number of ether oxygens (including phenoxy) is 2. The Morgan fingerprint density at radius 2 is 1.93 bits per heavy atom. The zero-order valence-electron chi connectivity index (χ0n) is 17.0. The summed E-state index contributed by atoms with van der Waals surface area (Å²) < 4.78 is 11.6. The second-order valence-electron chi connectivity index (χ2n) is 7.87. The Morgan fingerprint density at radius 3 is 2.83 bits per heavy atom. The first-order chi connectivity index (χ1) is 14.7. The van der Waals surface area contributed by atoms with Crippen molar-refractivity contribution in [2.45, 2.75) is 25.1 Å². The molecule has 30 heavy (non-hydrogen) atoms. The highest BCUT2D eigenvalue weighted by Crippen LogP contribution is 2.36. The van der Waals surface area contributed by atoms with Gasteiger partial charge in [-0.2, -0.15) is 0 Å². The number of likely N-dealkylation sites (tertiary alicyclic amines) is 1. The molecule has 0 N–H and O–H groups in total. The molecule has 2 bridgehead atoms. The molecule has 1 fully saturated rings. The van der Waals surface area contributed by atoms with E-state index in [1.165, 1.54) is 0 Å². The minimum Gasteiger partial charge on any atom is -0.487 e. The van der Waals surface area contributed by atoms with Crippen molar-refractivity contribution in [1.29, 1.82) is 0 Å². The van der Waals surface area contributed by atoms with Crippen molar-refractivity contribution in [3.8, 4) is 5.75 Å². The summed E-state index contributed by atoms with van der Waals surface area (Å²) in [6, 6.07) is 19.8. The van der Waals surface area contributed by atoms with Gasteiger partial charge in [0.2, 0.25) is 5.91 Å². The molecule has 154 valence electrons. The molecule has 3 aromatic rings. The highest BCUT2D eigenvalue weighted by molar-refractivity contribution is 5.99. The number of para-hydroxylation sites is 3. The van der Waals surface area contributed by atoms with Crippen molar-refractivity contribution >= 4 is 22.5 Å². The number of aromatic nitrogens is 1. The topological polar surface area (TPSA) is 54.9 Å². The van der Waals surface area contributed by atoms with Gasteiger partial charge < -0.3 is 14.4 Å². The molecule has 0 saturated carbocycles. The minimum absolute atomic E-state index is 0.00914. The van der Waals surface area contributed by atoms with Crippen molar-refractivity contribution in [3.63, 3.8) is 0 Å². The zero-order chi connectivity index (χ0) is 20.5. The summed E-state index contributed by atoms with van der Waals surface area (Å²) in [4.78, 5) is 22.4. The van der Waals surface area contributed by atoms with E-state index < -0.39 is 0 Å². The van der Waals surface area contributed by atoms with Gasteiger partial charge in [0.05, 0.1) is 29.5 Å². The molecule has 6 nitrogen and oxygen atoms in total. The molecule has 1 aromatic heterocycles. The number of pyridine rings is 1. The van der Waals surface area contributed by atoms with E-state index in [2.05, 4.69) is 23.1 Å². The quantitative estimate of drug-likeness (QED) is 0.655. The maximum Gasteiger partial charge on any atom is 0.244 e. The van der Waals surface area contributed by atoms with Crippen LogP contribution in [0.1, 0.15) is 12.1 Å². The number of methoxy groups -OCH3 is 1. The number of carbonyl (C=O) groups excluding carboxylic acids is 1. The molecule has 2 aliphatic rings. The van der Waals surface area contributed by atoms with Crippen LogP contribution in [0.15, 0.2) is 60.7 Å². The molecule has 2 aliphatic heterocycles. The van der Waals surface area contributed by atoms with Crippen LogP contribution in [0.2, 0.25) is 0 Å². The third kappa shape index (κ3) is 3.53. The summed E-state index contributed by atoms with van der Waals surface area (Å²) in [6.45, 7) is 2.30. The predicted molar refractivity (Wildman–Crippen MR) is 116 cm³/mol. The lowest BCUT2D eigenvalue weighted by Gasteiger charge is -2.31. The molecule has 3 heterocycles. The predicted octanol–water partition coefficient (Wildman–Crippen LogP) is 3.25. The number of fused-ring (bicyclic) bond motifs is 4. The molecule has 1 amide bonds. The average molecular weight is 403 g/mol. The fourth-order valence-corrected chi connectivity index (χ4v) is 4.45. The largest absolute Gasteiger partial charge is 0.487 e. The molecule has 2 atom stereocenters. The molecule has 0 radical (unpaired) electrons. The van der Waals surface area contributed by atoms with Crippen molar-refractivity contribution in [1.82, 2.24) is 9.88 Å². The molecular weight excluding hydrogens is 378 g/mol. The normalized spacial score (nSPS) is 21.2. The Kier molecular flexibility index (Phi) is 5.11. The number of benzene rings is 2. The Balaban J connectivity index is 1.44. The van der Waals surface area contributed by atoms with Crippen molar-refractivity contribution < 1.29 is 14.3 Å². The maximum absolute atomic E-state index is 13.6. The summed E-state index contributed by atoms with van der Waals surface area (Å²) >= 11 is 0. The van der Waals surface area contributed by atoms with E-state index in [0.29, 0.717) is 32.7 Å². The van der Waals surface area contributed by atoms with Gasteiger partial charge in [-0.15, -0.1) is 0 Å². The average Bonchev–Trinajstić information content (AvgIpc) is 3.17. The third-order valence-electron chi connectivity index (χ3n) is 5.91. The van der Waals surface area contributed by atoms with E-state index in [4.69, 9.17) is 14.5 Å². The molecular formula is C24H25N3O3. The fourth-order valence-electron chi connectivity index (χ4n) is 4.45. The summed E-state index contributed by atoms with van der Waals surface area (Å²) in [5, 5.41) is 1.12. The van der Waals surface area contributed by atoms with Crippen LogP contribution in [0.4, 0.5) is 5.69 Å². The molecule has 0 aliphatic carbocycles. The Labute approximate surface area is 176 Å². The number of hydrogen-bond donors (Lipinski definition) is 0. The summed E-state index contributed by atoms with van der Waals surface area (Å²) in [7, 11) is 1.65. The van der Waals surface area contributed by atoms with Crippen LogP contribution in [0.25, 0.3) is 10.9 Å². The second-order valence-corrected chi connectivity index (χ2v) is 7.87. The SMILES string of the molecule is COCCN1C(=O)[C@@H]2C[C@@H](CN2Cc2ccc3ccccc3n2)Oc2ccccc21. The zero-order valence-corrected chi connectivity index (χ0v) is 17.0. The van der Waals surface area contributed by atoms with Crippen LogP contribution in [-0.4, -0.2) is 54.7 Å². The van der Waals surface area contributed by atoms with E-state index >= 15 is 0 Å². The third-order valence-corrected chi connectivity index (χ3v) is 5.91. The van der Waals surface area contributed by atoms with Gasteiger partial charge in [-0.25, -0.2) is 0 Å². The first-order valence-corrected chi connectivity index (χ1v) is 10.4. The number of carbonyl (C=O) groups is 1. The molecule has 0 spiro atoms. The molecule has 5 rings (SSSR count). The van der Waals surface area contributed by atoms with Crippen molar-refractivity contribution in [2.75, 3.05) is 31.7 Å². The fraction of sp³-hybridized carbons (Fsp3) is 0.333. The van der Waals surface area contributed by atoms with Crippen molar-refractivity contribution in [2.24, 2.45) is 0 Å². The van der Waals surface area contributed by atoms with Gasteiger partial charge in [0.25, 0.3) is 0 Å². The van der Waals surface area contributed by atoms with Crippen LogP contribution in [-0.2, 0) is 16.1 Å². The van der Waals surface area contributed by atoms with Crippen LogP contribution in [0.5, 0.6) is 5.75 Å². The van der Waals surface area contributed by atoms with Crippen molar-refractivity contribution in [3.05, 3.63) is 66.4 Å². The highest BCUT2D eigenvalue weighted by Gasteiger charge is 2.42. The lowest BCUT2D eigenvalue weighted by Crippen LogP contribution is -2.47. The van der Waals surface area contributed by atoms with E-state index in [0.717, 1.165) is 28.0 Å². The molecule has 1 saturated heterocycles. The lowest BCUT2D eigenvalue weighted by atomic mass is 10.1. The van der Waals surface area contributed by atoms with E-state index in [9.17, 15) is 4.79 Å². The first-order valence-electron chi connectivity index (χ1n) is 10.4. The van der Waals surface area contributed by atoms with Gasteiger partial charge in [0.15, 0.2) is 0 Å². The number of amides is 1. The summed E-state index contributed by atoms with van der Waals surface area (Å²) in [5.41, 5.74) is 2.76. The van der Waals surface area contributed by atoms with Crippen LogP contribution in [0.3, 0.4) is 0 Å². The van der Waals surface area contributed by atoms with Crippen LogP contribution < -0.4 is 9.64 Å². The molecule has 6 heteroatoms. The Morgan fingerprint density at radius 1 is 1.10 bits per heavy atom. The number of anilines is 1. The summed E-state index contributed by atoms with van der Waals surface area (Å²) in [6.07, 6.45) is 0.676. The summed E-state index contributed by atoms with van der Waals surface area (Å²) in [5.74, 6) is 0.863. The number of nitrogens with zero attached hydrogens (tertiary/aromatic N) is 3. The smallest absolute Gasteiger partial charge is 0.244 e. The van der Waals surface area contributed by atoms with Gasteiger partial charge in [0, 0.05) is 38.6 Å². The van der Waals surface area contributed by atoms with Crippen LogP contribution >= 0.6 is 0 Å². The van der Waals surface area contributed by atoms with Gasteiger partial charge in [-0.05, 0) is 24.3 Å².